The highest BCUT2D eigenvalue weighted by atomic mass is 35.5. The molecule has 3 unspecified atom stereocenters. The third-order valence-electron chi connectivity index (χ3n) is 6.51. The number of halogens is 4. The number of aryl methyl sites for hydroxylation is 2. The molecule has 3 heterocycles. The zero-order chi connectivity index (χ0) is 24.2. The zero-order valence-corrected chi connectivity index (χ0v) is 19.2. The zero-order valence-electron chi connectivity index (χ0n) is 18.5. The molecule has 11 heteroatoms. The first-order chi connectivity index (χ1) is 16.1. The van der Waals surface area contributed by atoms with Crippen LogP contribution in [0.5, 0.6) is 0 Å². The first-order valence-corrected chi connectivity index (χ1v) is 11.3. The van der Waals surface area contributed by atoms with E-state index >= 15 is 0 Å². The van der Waals surface area contributed by atoms with E-state index in [-0.39, 0.29) is 29.4 Å². The SMILES string of the molecule is Cc1nc(C(F)(F)F)ccc1NC(=O)N1CC2CC2C1c1nnc(C)n1Cc1ccc(Cl)cc1. The average Bonchev–Trinajstić information content (AvgIpc) is 3.31. The van der Waals surface area contributed by atoms with Gasteiger partial charge in [0.2, 0.25) is 0 Å². The molecule has 2 aliphatic rings. The maximum atomic E-state index is 13.2. The van der Waals surface area contributed by atoms with Gasteiger partial charge in [-0.05, 0) is 61.9 Å². The van der Waals surface area contributed by atoms with Crippen molar-refractivity contribution in [3.8, 4) is 0 Å². The van der Waals surface area contributed by atoms with Crippen LogP contribution in [-0.4, -0.2) is 37.2 Å². The van der Waals surface area contributed by atoms with Gasteiger partial charge in [-0.25, -0.2) is 9.78 Å². The number of amides is 2. The molecular formula is C23H22ClF3N6O. The summed E-state index contributed by atoms with van der Waals surface area (Å²) in [6.07, 6.45) is -3.54. The number of carbonyl (C=O) groups is 1. The van der Waals surface area contributed by atoms with Gasteiger partial charge in [0.1, 0.15) is 11.5 Å². The van der Waals surface area contributed by atoms with Crippen molar-refractivity contribution in [3.05, 3.63) is 70.0 Å². The number of piperidine rings is 1. The number of alkyl halides is 3. The van der Waals surface area contributed by atoms with Crippen molar-refractivity contribution in [2.45, 2.75) is 39.0 Å². The molecular weight excluding hydrogens is 469 g/mol. The number of anilines is 1. The maximum Gasteiger partial charge on any atom is 0.433 e. The molecule has 3 aromatic rings. The van der Waals surface area contributed by atoms with Crippen molar-refractivity contribution in [1.82, 2.24) is 24.6 Å². The average molecular weight is 491 g/mol. The van der Waals surface area contributed by atoms with Crippen LogP contribution in [0, 0.1) is 25.7 Å². The van der Waals surface area contributed by atoms with E-state index in [4.69, 9.17) is 11.6 Å². The van der Waals surface area contributed by atoms with Crippen LogP contribution >= 0.6 is 11.6 Å². The lowest BCUT2D eigenvalue weighted by atomic mass is 10.1. The number of carbonyl (C=O) groups excluding carboxylic acids is 1. The molecule has 0 spiro atoms. The number of aromatic nitrogens is 4. The molecule has 178 valence electrons. The van der Waals surface area contributed by atoms with Crippen molar-refractivity contribution in [1.29, 1.82) is 0 Å². The van der Waals surface area contributed by atoms with Gasteiger partial charge in [-0.1, -0.05) is 23.7 Å². The predicted molar refractivity (Wildman–Crippen MR) is 119 cm³/mol. The lowest BCUT2D eigenvalue weighted by molar-refractivity contribution is -0.141. The molecule has 1 aliphatic carbocycles. The lowest BCUT2D eigenvalue weighted by Crippen LogP contribution is -2.38. The molecule has 7 nitrogen and oxygen atoms in total. The van der Waals surface area contributed by atoms with E-state index in [0.29, 0.717) is 29.9 Å². The topological polar surface area (TPSA) is 75.9 Å². The third-order valence-corrected chi connectivity index (χ3v) is 6.76. The Labute approximate surface area is 199 Å². The first-order valence-electron chi connectivity index (χ1n) is 10.9. The number of hydrogen-bond donors (Lipinski definition) is 1. The number of pyridine rings is 1. The van der Waals surface area contributed by atoms with E-state index in [1.165, 1.54) is 13.0 Å². The molecule has 2 aromatic heterocycles. The van der Waals surface area contributed by atoms with Gasteiger partial charge in [0.05, 0.1) is 24.0 Å². The second-order valence-corrected chi connectivity index (χ2v) is 9.27. The van der Waals surface area contributed by atoms with Gasteiger partial charge >= 0.3 is 12.2 Å². The highest BCUT2D eigenvalue weighted by Gasteiger charge is 2.56. The van der Waals surface area contributed by atoms with Crippen LogP contribution in [0.1, 0.15) is 41.1 Å². The number of nitrogens with one attached hydrogen (secondary N) is 1. The Balaban J connectivity index is 1.39. The van der Waals surface area contributed by atoms with Crippen LogP contribution in [0.15, 0.2) is 36.4 Å². The fourth-order valence-electron chi connectivity index (χ4n) is 4.63. The summed E-state index contributed by atoms with van der Waals surface area (Å²) in [4.78, 5) is 18.5. The monoisotopic (exact) mass is 490 g/mol. The van der Waals surface area contributed by atoms with Gasteiger partial charge in [0.15, 0.2) is 5.82 Å². The van der Waals surface area contributed by atoms with Crippen LogP contribution < -0.4 is 5.32 Å². The molecule has 1 N–H and O–H groups in total. The summed E-state index contributed by atoms with van der Waals surface area (Å²) in [5, 5.41) is 12.1. The van der Waals surface area contributed by atoms with E-state index in [2.05, 4.69) is 20.5 Å². The molecule has 2 fully saturated rings. The highest BCUT2D eigenvalue weighted by molar-refractivity contribution is 6.30. The number of likely N-dealkylation sites (tertiary alicyclic amines) is 1. The van der Waals surface area contributed by atoms with Crippen LogP contribution in [0.4, 0.5) is 23.7 Å². The first kappa shape index (κ1) is 22.6. The van der Waals surface area contributed by atoms with Gasteiger partial charge in [-0.2, -0.15) is 13.2 Å². The maximum absolute atomic E-state index is 13.2. The summed E-state index contributed by atoms with van der Waals surface area (Å²) in [7, 11) is 0. The number of nitrogens with zero attached hydrogens (tertiary/aromatic N) is 5. The predicted octanol–water partition coefficient (Wildman–Crippen LogP) is 5.24. The van der Waals surface area contributed by atoms with E-state index in [1.807, 2.05) is 35.8 Å². The van der Waals surface area contributed by atoms with Crippen LogP contribution in [-0.2, 0) is 12.7 Å². The quantitative estimate of drug-likeness (QED) is 0.543. The molecule has 1 aromatic carbocycles. The minimum atomic E-state index is -4.54. The Hall–Kier alpha value is -3.14. The van der Waals surface area contributed by atoms with E-state index in [1.54, 1.807) is 4.90 Å². The number of rotatable bonds is 4. The standard InChI is InChI=1S/C23H22ClF3N6O/c1-12-18(7-8-19(28-12)23(25,26)27)29-22(34)33-11-15-9-17(15)20(33)21-31-30-13(2)32(21)10-14-3-5-16(24)6-4-14/h3-8,15,17,20H,9-11H2,1-2H3,(H,29,34). The lowest BCUT2D eigenvalue weighted by Gasteiger charge is -2.28. The summed E-state index contributed by atoms with van der Waals surface area (Å²) in [5.74, 6) is 2.10. The van der Waals surface area contributed by atoms with Gasteiger partial charge in [-0.15, -0.1) is 10.2 Å². The number of hydrogen-bond acceptors (Lipinski definition) is 4. The summed E-state index contributed by atoms with van der Waals surface area (Å²) in [6.45, 7) is 4.40. The third kappa shape index (κ3) is 4.22. The van der Waals surface area contributed by atoms with Crippen LogP contribution in [0.3, 0.4) is 0 Å². The second kappa shape index (κ2) is 8.26. The van der Waals surface area contributed by atoms with E-state index in [0.717, 1.165) is 23.9 Å². The number of urea groups is 1. The largest absolute Gasteiger partial charge is 0.433 e. The molecule has 0 bridgehead atoms. The summed E-state index contributed by atoms with van der Waals surface area (Å²) < 4.78 is 40.8. The van der Waals surface area contributed by atoms with Gasteiger partial charge in [0.25, 0.3) is 0 Å². The van der Waals surface area contributed by atoms with E-state index < -0.39 is 11.9 Å². The molecule has 2 amide bonds. The molecule has 0 radical (unpaired) electrons. The summed E-state index contributed by atoms with van der Waals surface area (Å²) in [5.41, 5.74) is 0.386. The molecule has 34 heavy (non-hydrogen) atoms. The fourth-order valence-corrected chi connectivity index (χ4v) is 4.75. The fraction of sp³-hybridized carbons (Fsp3) is 0.391. The highest BCUT2D eigenvalue weighted by Crippen LogP contribution is 2.56. The minimum absolute atomic E-state index is 0.103. The minimum Gasteiger partial charge on any atom is -0.314 e. The van der Waals surface area contributed by atoms with Gasteiger partial charge < -0.3 is 14.8 Å². The second-order valence-electron chi connectivity index (χ2n) is 8.83. The Morgan fingerprint density at radius 3 is 2.56 bits per heavy atom. The smallest absolute Gasteiger partial charge is 0.314 e. The molecule has 1 saturated carbocycles. The Kier molecular flexibility index (Phi) is 5.50. The number of benzene rings is 1. The molecule has 5 rings (SSSR count). The molecule has 3 atom stereocenters. The van der Waals surface area contributed by atoms with Crippen LogP contribution in [0.2, 0.25) is 5.02 Å². The van der Waals surface area contributed by atoms with Crippen molar-refractivity contribution in [3.63, 3.8) is 0 Å². The normalized spacial score (nSPS) is 21.5. The Morgan fingerprint density at radius 1 is 1.15 bits per heavy atom. The Bertz CT molecular complexity index is 1240. The molecule has 1 aliphatic heterocycles. The van der Waals surface area contributed by atoms with Crippen molar-refractivity contribution >= 4 is 23.3 Å². The van der Waals surface area contributed by atoms with Gasteiger partial charge in [0, 0.05) is 11.6 Å². The number of fused-ring (bicyclic) bond motifs is 1. The summed E-state index contributed by atoms with van der Waals surface area (Å²) >= 11 is 6.00. The van der Waals surface area contributed by atoms with Crippen molar-refractivity contribution in [2.24, 2.45) is 11.8 Å². The summed E-state index contributed by atoms with van der Waals surface area (Å²) in [6, 6.07) is 8.97. The van der Waals surface area contributed by atoms with Crippen molar-refractivity contribution < 1.29 is 18.0 Å². The molecule has 1 saturated heterocycles. The van der Waals surface area contributed by atoms with E-state index in [9.17, 15) is 18.0 Å². The Morgan fingerprint density at radius 2 is 1.88 bits per heavy atom. The van der Waals surface area contributed by atoms with Crippen LogP contribution in [0.25, 0.3) is 0 Å². The van der Waals surface area contributed by atoms with Crippen molar-refractivity contribution in [2.75, 3.05) is 11.9 Å². The van der Waals surface area contributed by atoms with Gasteiger partial charge in [-0.3, -0.25) is 0 Å².